The molecule has 272 valence electrons. The first-order valence-electron chi connectivity index (χ1n) is 16.2. The lowest BCUT2D eigenvalue weighted by Crippen LogP contribution is -2.57. The Morgan fingerprint density at radius 3 is 2.12 bits per heavy atom. The third-order valence-electron chi connectivity index (χ3n) is 8.41. The largest absolute Gasteiger partial charge is 0.495 e. The van der Waals surface area contributed by atoms with E-state index in [2.05, 4.69) is 11.9 Å². The zero-order valence-electron chi connectivity index (χ0n) is 29.4. The van der Waals surface area contributed by atoms with Crippen molar-refractivity contribution in [1.29, 1.82) is 0 Å². The van der Waals surface area contributed by atoms with Crippen LogP contribution in [-0.4, -0.2) is 73.3 Å². The molecule has 0 bridgehead atoms. The van der Waals surface area contributed by atoms with Gasteiger partial charge in [-0.25, -0.2) is 32.9 Å². The number of esters is 2. The molecular formula is C34H50N4O11. The van der Waals surface area contributed by atoms with E-state index in [9.17, 15) is 39.0 Å². The number of methoxy groups -OCH3 is 1. The van der Waals surface area contributed by atoms with Crippen LogP contribution in [0.3, 0.4) is 0 Å². The molecule has 15 heteroatoms. The van der Waals surface area contributed by atoms with Crippen molar-refractivity contribution < 1.29 is 38.8 Å². The van der Waals surface area contributed by atoms with Crippen LogP contribution in [0.5, 0.6) is 5.75 Å². The van der Waals surface area contributed by atoms with Crippen LogP contribution in [0, 0.1) is 5.41 Å². The number of hydrogen-bond donors (Lipinski definition) is 3. The first kappa shape index (κ1) is 40.7. The van der Waals surface area contributed by atoms with Crippen LogP contribution in [0.15, 0.2) is 45.2 Å². The lowest BCUT2D eigenvalue weighted by molar-refractivity contribution is -0.147. The summed E-state index contributed by atoms with van der Waals surface area (Å²) in [6, 6.07) is 4.50. The molecule has 0 spiro atoms. The van der Waals surface area contributed by atoms with Gasteiger partial charge in [-0.2, -0.15) is 0 Å². The van der Waals surface area contributed by atoms with Crippen molar-refractivity contribution in [3.8, 4) is 5.75 Å². The summed E-state index contributed by atoms with van der Waals surface area (Å²) >= 11 is 0. The number of amides is 1. The zero-order valence-corrected chi connectivity index (χ0v) is 29.4. The Morgan fingerprint density at radius 1 is 0.939 bits per heavy atom. The lowest BCUT2D eigenvalue weighted by Gasteiger charge is -2.29. The normalized spacial score (nSPS) is 12.9. The number of aromatic nitrogens is 3. The number of allylic oxidation sites excluding steroid dienone is 1. The monoisotopic (exact) mass is 690 g/mol. The smallest absolute Gasteiger partial charge is 0.338 e. The van der Waals surface area contributed by atoms with Gasteiger partial charge in [0.05, 0.1) is 44.1 Å². The quantitative estimate of drug-likeness (QED) is 0.144. The van der Waals surface area contributed by atoms with Crippen molar-refractivity contribution in [3.05, 3.63) is 67.9 Å². The molecule has 1 aromatic carbocycles. The number of ether oxygens (including phenoxy) is 3. The third kappa shape index (κ3) is 11.3. The molecule has 2 aromatic rings. The zero-order chi connectivity index (χ0) is 37.1. The van der Waals surface area contributed by atoms with Gasteiger partial charge in [-0.3, -0.25) is 9.59 Å². The summed E-state index contributed by atoms with van der Waals surface area (Å²) < 4.78 is 18.0. The molecule has 2 atom stereocenters. The van der Waals surface area contributed by atoms with Crippen LogP contribution < -0.4 is 27.1 Å². The van der Waals surface area contributed by atoms with Crippen molar-refractivity contribution in [3.63, 3.8) is 0 Å². The second-order valence-electron chi connectivity index (χ2n) is 13.0. The molecule has 15 nitrogen and oxygen atoms in total. The van der Waals surface area contributed by atoms with Gasteiger partial charge in [0, 0.05) is 12.8 Å². The van der Waals surface area contributed by atoms with Crippen LogP contribution in [-0.2, 0) is 38.7 Å². The van der Waals surface area contributed by atoms with E-state index >= 15 is 0 Å². The van der Waals surface area contributed by atoms with Gasteiger partial charge in [0.2, 0.25) is 5.91 Å². The number of nitrogens with one attached hydrogen (secondary N) is 1. The topological polar surface area (TPSA) is 197 Å². The predicted octanol–water partition coefficient (Wildman–Crippen LogP) is 2.22. The highest BCUT2D eigenvalue weighted by Gasteiger charge is 2.29. The molecule has 0 saturated heterocycles. The minimum atomic E-state index is -1.49. The van der Waals surface area contributed by atoms with E-state index in [0.717, 1.165) is 9.13 Å². The highest BCUT2D eigenvalue weighted by atomic mass is 16.6. The number of hydrogen-bond acceptors (Lipinski definition) is 11. The summed E-state index contributed by atoms with van der Waals surface area (Å²) in [6.45, 7) is 12.6. The van der Waals surface area contributed by atoms with Crippen LogP contribution in [0.4, 0.5) is 5.69 Å². The highest BCUT2D eigenvalue weighted by Crippen LogP contribution is 2.28. The predicted molar refractivity (Wildman–Crippen MR) is 182 cm³/mol. The summed E-state index contributed by atoms with van der Waals surface area (Å²) in [5.41, 5.74) is -3.77. The Morgan fingerprint density at radius 2 is 1.55 bits per heavy atom. The van der Waals surface area contributed by atoms with Crippen molar-refractivity contribution in [2.75, 3.05) is 19.0 Å². The summed E-state index contributed by atoms with van der Waals surface area (Å²) in [5, 5.41) is 23.9. The Labute approximate surface area is 285 Å². The number of aliphatic hydroxyl groups excluding tert-OH is 2. The maximum absolute atomic E-state index is 13.2. The van der Waals surface area contributed by atoms with E-state index in [0.29, 0.717) is 23.2 Å². The van der Waals surface area contributed by atoms with Crippen molar-refractivity contribution in [1.82, 2.24) is 13.7 Å². The number of rotatable bonds is 19. The van der Waals surface area contributed by atoms with E-state index in [4.69, 9.17) is 14.2 Å². The maximum Gasteiger partial charge on any atom is 0.338 e. The molecule has 0 aliphatic carbocycles. The molecule has 49 heavy (non-hydrogen) atoms. The average molecular weight is 691 g/mol. The molecule has 0 radical (unpaired) electrons. The fourth-order valence-corrected chi connectivity index (χ4v) is 4.38. The van der Waals surface area contributed by atoms with E-state index < -0.39 is 71.3 Å². The van der Waals surface area contributed by atoms with Gasteiger partial charge in [0.25, 0.3) is 0 Å². The second-order valence-corrected chi connectivity index (χ2v) is 13.0. The van der Waals surface area contributed by atoms with Gasteiger partial charge in [-0.15, -0.1) is 6.58 Å². The van der Waals surface area contributed by atoms with Crippen molar-refractivity contribution in [2.24, 2.45) is 5.41 Å². The number of carbonyl (C=O) groups is 3. The SMILES string of the molecule is C=CCn1c(=O)n(CC(O)COC(=O)CCCC(=O)Nc2cc(C(=O)OC(C)(C)CC)ccc2OC)c(=O)n(CC(O)C(C)(C)CC)c1=O. The fraction of sp³-hybridized carbons (Fsp3) is 0.588. The first-order chi connectivity index (χ1) is 22.9. The molecule has 0 saturated carbocycles. The lowest BCUT2D eigenvalue weighted by atomic mass is 9.84. The van der Waals surface area contributed by atoms with Gasteiger partial charge >= 0.3 is 29.0 Å². The average Bonchev–Trinajstić information content (AvgIpc) is 3.05. The van der Waals surface area contributed by atoms with Gasteiger partial charge < -0.3 is 29.7 Å². The molecule has 0 aliphatic rings. The minimum absolute atomic E-state index is 0.0845. The molecule has 3 N–H and O–H groups in total. The number of anilines is 1. The van der Waals surface area contributed by atoms with E-state index in [1.54, 1.807) is 27.7 Å². The Hall–Kier alpha value is -4.50. The fourth-order valence-electron chi connectivity index (χ4n) is 4.38. The van der Waals surface area contributed by atoms with Crippen molar-refractivity contribution in [2.45, 2.75) is 111 Å². The Balaban J connectivity index is 2.01. The maximum atomic E-state index is 13.2. The molecular weight excluding hydrogens is 640 g/mol. The standard InChI is InChI=1S/C34H50N4O11/c1-9-17-36-30(44)37(32(46)38(31(36)45)20-26(40)33(4,5)10-2)19-23(39)21-48-28(42)14-12-13-27(41)35-24-18-22(15-16-25(24)47-8)29(43)49-34(6,7)11-3/h9,15-16,18,23,26,39-40H,1,10-14,17,19-21H2,2-8H3,(H,35,41). The number of aliphatic hydroxyl groups is 2. The second kappa shape index (κ2) is 17.8. The number of carbonyl (C=O) groups excluding carboxylic acids is 3. The molecule has 1 amide bonds. The molecule has 1 heterocycles. The molecule has 0 aliphatic heterocycles. The summed E-state index contributed by atoms with van der Waals surface area (Å²) in [7, 11) is 1.41. The Kier molecular flexibility index (Phi) is 14.7. The summed E-state index contributed by atoms with van der Waals surface area (Å²) in [4.78, 5) is 76.7. The minimum Gasteiger partial charge on any atom is -0.495 e. The van der Waals surface area contributed by atoms with Gasteiger partial charge in [-0.05, 0) is 56.7 Å². The molecule has 2 rings (SSSR count). The van der Waals surface area contributed by atoms with Crippen LogP contribution in [0.1, 0.15) is 84.0 Å². The van der Waals surface area contributed by atoms with Gasteiger partial charge in [0.15, 0.2) is 0 Å². The third-order valence-corrected chi connectivity index (χ3v) is 8.41. The number of benzene rings is 1. The molecule has 2 unspecified atom stereocenters. The van der Waals surface area contributed by atoms with E-state index in [1.807, 2.05) is 13.8 Å². The molecule has 0 fully saturated rings. The van der Waals surface area contributed by atoms with Gasteiger partial charge in [-0.1, -0.05) is 33.8 Å². The van der Waals surface area contributed by atoms with E-state index in [1.165, 1.54) is 31.4 Å². The summed E-state index contributed by atoms with van der Waals surface area (Å²) in [5.74, 6) is -1.43. The van der Waals surface area contributed by atoms with Gasteiger partial charge in [0.1, 0.15) is 24.1 Å². The van der Waals surface area contributed by atoms with Crippen LogP contribution in [0.25, 0.3) is 0 Å². The first-order valence-corrected chi connectivity index (χ1v) is 16.2. The van der Waals surface area contributed by atoms with Crippen LogP contribution in [0.2, 0.25) is 0 Å². The van der Waals surface area contributed by atoms with Crippen molar-refractivity contribution >= 4 is 23.5 Å². The van der Waals surface area contributed by atoms with Crippen LogP contribution >= 0.6 is 0 Å². The van der Waals surface area contributed by atoms with E-state index in [-0.39, 0.29) is 43.6 Å². The Bertz CT molecular complexity index is 1670. The number of nitrogens with zero attached hydrogens (tertiary/aromatic N) is 3. The summed E-state index contributed by atoms with van der Waals surface area (Å²) in [6.07, 6.45) is -0.307. The molecule has 1 aromatic heterocycles. The highest BCUT2D eigenvalue weighted by molar-refractivity contribution is 5.96.